The first-order valence-electron chi connectivity index (χ1n) is 10.3. The Morgan fingerprint density at radius 1 is 1.31 bits per heavy atom. The summed E-state index contributed by atoms with van der Waals surface area (Å²) in [4.78, 5) is 10.7. The molecule has 158 valence electrons. The normalized spacial score (nSPS) is 27.9. The molecule has 1 aromatic rings. The second-order valence-corrected chi connectivity index (χ2v) is 7.82. The zero-order valence-corrected chi connectivity index (χ0v) is 16.5. The third kappa shape index (κ3) is 6.42. The molecule has 0 aromatic heterocycles. The van der Waals surface area contributed by atoms with Gasteiger partial charge in [-0.25, -0.2) is 0 Å². The van der Waals surface area contributed by atoms with Crippen LogP contribution in [0.1, 0.15) is 32.1 Å². The zero-order chi connectivity index (χ0) is 20.6. The Morgan fingerprint density at radius 2 is 2.10 bits per heavy atom. The number of aliphatic carboxylic acids is 1. The molecule has 0 amide bonds. The van der Waals surface area contributed by atoms with Crippen LogP contribution in [0.15, 0.2) is 54.1 Å². The van der Waals surface area contributed by atoms with Crippen molar-refractivity contribution in [2.45, 2.75) is 50.4 Å². The average Bonchev–Trinajstić information content (AvgIpc) is 2.87. The molecule has 0 unspecified atom stereocenters. The Balaban J connectivity index is 1.52. The van der Waals surface area contributed by atoms with E-state index in [0.717, 1.165) is 18.4 Å². The molecule has 29 heavy (non-hydrogen) atoms. The summed E-state index contributed by atoms with van der Waals surface area (Å²) in [5.41, 5.74) is 1.13. The van der Waals surface area contributed by atoms with Gasteiger partial charge in [0.05, 0.1) is 18.8 Å². The molecular weight excluding hydrogens is 372 g/mol. The van der Waals surface area contributed by atoms with E-state index >= 15 is 0 Å². The van der Waals surface area contributed by atoms with Crippen molar-refractivity contribution in [3.05, 3.63) is 54.1 Å². The number of para-hydroxylation sites is 1. The van der Waals surface area contributed by atoms with Crippen LogP contribution >= 0.6 is 0 Å². The van der Waals surface area contributed by atoms with E-state index in [9.17, 15) is 15.0 Å². The van der Waals surface area contributed by atoms with Crippen LogP contribution < -0.4 is 4.74 Å². The van der Waals surface area contributed by atoms with Crippen molar-refractivity contribution in [1.82, 2.24) is 0 Å². The average molecular weight is 402 g/mol. The first-order chi connectivity index (χ1) is 14.0. The van der Waals surface area contributed by atoms with Gasteiger partial charge in [0.25, 0.3) is 0 Å². The number of hydrogen-bond donors (Lipinski definition) is 3. The molecule has 0 radical (unpaired) electrons. The lowest BCUT2D eigenvalue weighted by atomic mass is 9.89. The van der Waals surface area contributed by atoms with E-state index in [0.29, 0.717) is 25.2 Å². The Labute approximate surface area is 171 Å². The molecule has 1 aliphatic heterocycles. The first-order valence-corrected chi connectivity index (χ1v) is 10.3. The van der Waals surface area contributed by atoms with E-state index in [4.69, 9.17) is 14.6 Å². The molecule has 3 rings (SSSR count). The van der Waals surface area contributed by atoms with Crippen molar-refractivity contribution in [2.24, 2.45) is 11.8 Å². The van der Waals surface area contributed by atoms with Crippen LogP contribution in [0.2, 0.25) is 0 Å². The second kappa shape index (κ2) is 10.6. The molecule has 6 nitrogen and oxygen atoms in total. The molecule has 2 aliphatic rings. The van der Waals surface area contributed by atoms with Gasteiger partial charge >= 0.3 is 5.97 Å². The lowest BCUT2D eigenvalue weighted by Gasteiger charge is -2.20. The van der Waals surface area contributed by atoms with Crippen molar-refractivity contribution in [3.63, 3.8) is 0 Å². The number of aliphatic hydroxyl groups is 2. The molecular formula is C23H30O6. The SMILES string of the molecule is O=C(O)CCCC1=CC[C@@H]2[C@@H](C=C[C@@H](O)COc3ccccc3)[C@H](O)C[C@@H]2OC1. The van der Waals surface area contributed by atoms with E-state index in [1.807, 2.05) is 36.4 Å². The molecule has 1 aromatic carbocycles. The van der Waals surface area contributed by atoms with Crippen LogP contribution in [0, 0.1) is 11.8 Å². The van der Waals surface area contributed by atoms with Crippen LogP contribution in [0.5, 0.6) is 5.75 Å². The lowest BCUT2D eigenvalue weighted by molar-refractivity contribution is -0.137. The molecule has 5 atom stereocenters. The molecule has 0 bridgehead atoms. The number of hydrogen-bond acceptors (Lipinski definition) is 5. The topological polar surface area (TPSA) is 96.2 Å². The number of benzene rings is 1. The smallest absolute Gasteiger partial charge is 0.303 e. The van der Waals surface area contributed by atoms with Crippen molar-refractivity contribution in [1.29, 1.82) is 0 Å². The summed E-state index contributed by atoms with van der Waals surface area (Å²) in [5, 5.41) is 29.5. The minimum Gasteiger partial charge on any atom is -0.491 e. The molecule has 6 heteroatoms. The van der Waals surface area contributed by atoms with Crippen LogP contribution in [0.3, 0.4) is 0 Å². The highest BCUT2D eigenvalue weighted by molar-refractivity contribution is 5.66. The summed E-state index contributed by atoms with van der Waals surface area (Å²) in [6, 6.07) is 9.34. The van der Waals surface area contributed by atoms with Crippen molar-refractivity contribution in [2.75, 3.05) is 13.2 Å². The maximum absolute atomic E-state index is 10.7. The minimum absolute atomic E-state index is 0.0226. The number of carboxylic acid groups (broad SMARTS) is 1. The van der Waals surface area contributed by atoms with Gasteiger partial charge < -0.3 is 24.8 Å². The van der Waals surface area contributed by atoms with Gasteiger partial charge in [-0.15, -0.1) is 0 Å². The molecule has 1 fully saturated rings. The van der Waals surface area contributed by atoms with Crippen molar-refractivity contribution < 1.29 is 29.6 Å². The number of carboxylic acids is 1. The lowest BCUT2D eigenvalue weighted by Crippen LogP contribution is -2.22. The number of ether oxygens (including phenoxy) is 2. The fourth-order valence-electron chi connectivity index (χ4n) is 4.10. The molecule has 0 spiro atoms. The van der Waals surface area contributed by atoms with E-state index in [1.165, 1.54) is 0 Å². The summed E-state index contributed by atoms with van der Waals surface area (Å²) in [7, 11) is 0. The second-order valence-electron chi connectivity index (χ2n) is 7.82. The minimum atomic E-state index is -0.778. The van der Waals surface area contributed by atoms with Gasteiger partial charge in [0, 0.05) is 18.8 Å². The monoisotopic (exact) mass is 402 g/mol. The number of allylic oxidation sites excluding steroid dienone is 1. The summed E-state index contributed by atoms with van der Waals surface area (Å²) < 4.78 is 11.6. The summed E-state index contributed by atoms with van der Waals surface area (Å²) in [6.07, 6.45) is 7.32. The van der Waals surface area contributed by atoms with E-state index in [2.05, 4.69) is 6.08 Å². The predicted octanol–water partition coefficient (Wildman–Crippen LogP) is 2.95. The molecule has 0 saturated heterocycles. The highest BCUT2D eigenvalue weighted by Crippen LogP contribution is 2.40. The number of aliphatic hydroxyl groups excluding tert-OH is 2. The van der Waals surface area contributed by atoms with E-state index < -0.39 is 18.2 Å². The van der Waals surface area contributed by atoms with Crippen LogP contribution in [0.25, 0.3) is 0 Å². The Kier molecular flexibility index (Phi) is 7.86. The first kappa shape index (κ1) is 21.6. The van der Waals surface area contributed by atoms with Gasteiger partial charge in [-0.2, -0.15) is 0 Å². The molecule has 1 heterocycles. The largest absolute Gasteiger partial charge is 0.491 e. The third-order valence-electron chi connectivity index (χ3n) is 5.66. The van der Waals surface area contributed by atoms with Crippen LogP contribution in [0.4, 0.5) is 0 Å². The van der Waals surface area contributed by atoms with Gasteiger partial charge in [-0.3, -0.25) is 4.79 Å². The Morgan fingerprint density at radius 3 is 2.86 bits per heavy atom. The van der Waals surface area contributed by atoms with Gasteiger partial charge in [0.1, 0.15) is 18.5 Å². The van der Waals surface area contributed by atoms with Crippen molar-refractivity contribution >= 4 is 5.97 Å². The maximum Gasteiger partial charge on any atom is 0.303 e. The highest BCUT2D eigenvalue weighted by atomic mass is 16.5. The molecule has 1 aliphatic carbocycles. The third-order valence-corrected chi connectivity index (χ3v) is 5.66. The predicted molar refractivity (Wildman–Crippen MR) is 109 cm³/mol. The van der Waals surface area contributed by atoms with Gasteiger partial charge in [0.15, 0.2) is 0 Å². The van der Waals surface area contributed by atoms with Crippen molar-refractivity contribution in [3.8, 4) is 5.75 Å². The standard InChI is InChI=1S/C23H30O6/c24-17(15-28-18-6-2-1-3-7-18)10-12-19-20-11-9-16(5-4-8-23(26)27)14-29-22(20)13-21(19)25/h1-3,6-7,9-10,12,17,19-22,24-25H,4-5,8,11,13-15H2,(H,26,27)/t17-,19-,20-,21-,22+/m1/s1. The zero-order valence-electron chi connectivity index (χ0n) is 16.5. The Bertz CT molecular complexity index is 713. The number of fused-ring (bicyclic) bond motifs is 1. The summed E-state index contributed by atoms with van der Waals surface area (Å²) in [6.45, 7) is 0.652. The highest BCUT2D eigenvalue weighted by Gasteiger charge is 2.42. The van der Waals surface area contributed by atoms with E-state index in [-0.39, 0.29) is 31.0 Å². The van der Waals surface area contributed by atoms with Crippen LogP contribution in [-0.2, 0) is 9.53 Å². The number of carbonyl (C=O) groups is 1. The molecule has 1 saturated carbocycles. The Hall–Kier alpha value is -2.15. The van der Waals surface area contributed by atoms with Gasteiger partial charge in [0.2, 0.25) is 0 Å². The van der Waals surface area contributed by atoms with Gasteiger partial charge in [-0.05, 0) is 42.9 Å². The fourth-order valence-corrected chi connectivity index (χ4v) is 4.10. The summed E-state index contributed by atoms with van der Waals surface area (Å²) in [5.74, 6) is 0.000225. The van der Waals surface area contributed by atoms with E-state index in [1.54, 1.807) is 6.08 Å². The fraction of sp³-hybridized carbons (Fsp3) is 0.522. The summed E-state index contributed by atoms with van der Waals surface area (Å²) >= 11 is 0. The molecule has 3 N–H and O–H groups in total. The van der Waals surface area contributed by atoms with Crippen LogP contribution in [-0.4, -0.2) is 52.8 Å². The maximum atomic E-state index is 10.7. The van der Waals surface area contributed by atoms with Gasteiger partial charge in [-0.1, -0.05) is 36.4 Å². The quantitative estimate of drug-likeness (QED) is 0.550. The number of rotatable bonds is 9.